The van der Waals surface area contributed by atoms with Crippen LogP contribution in [0.4, 0.5) is 0 Å². The van der Waals surface area contributed by atoms with Crippen molar-refractivity contribution < 1.29 is 4.79 Å². The summed E-state index contributed by atoms with van der Waals surface area (Å²) in [6, 6.07) is 0.102. The van der Waals surface area contributed by atoms with E-state index in [0.717, 1.165) is 12.8 Å². The molecule has 0 aliphatic carbocycles. The van der Waals surface area contributed by atoms with E-state index in [1.807, 2.05) is 6.92 Å². The SMILES string of the molecule is C#CCC(CC)NC(=O)C[C@@H](CN)CC(C)C. The van der Waals surface area contributed by atoms with Crippen molar-refractivity contribution >= 4 is 5.91 Å². The summed E-state index contributed by atoms with van der Waals surface area (Å²) in [7, 11) is 0. The predicted octanol–water partition coefficient (Wildman–Crippen LogP) is 1.92. The fourth-order valence-electron chi connectivity index (χ4n) is 1.92. The summed E-state index contributed by atoms with van der Waals surface area (Å²) in [6.07, 6.45) is 8.22. The van der Waals surface area contributed by atoms with Crippen LogP contribution in [0, 0.1) is 24.2 Å². The minimum absolute atomic E-state index is 0.0724. The molecule has 0 aliphatic heterocycles. The van der Waals surface area contributed by atoms with Crippen LogP contribution in [0.3, 0.4) is 0 Å². The molecule has 0 saturated carbocycles. The molecule has 17 heavy (non-hydrogen) atoms. The van der Waals surface area contributed by atoms with Crippen LogP contribution in [0.15, 0.2) is 0 Å². The minimum Gasteiger partial charge on any atom is -0.352 e. The van der Waals surface area contributed by atoms with Crippen LogP contribution in [-0.4, -0.2) is 18.5 Å². The Morgan fingerprint density at radius 2 is 2.12 bits per heavy atom. The summed E-state index contributed by atoms with van der Waals surface area (Å²) >= 11 is 0. The second-order valence-electron chi connectivity index (χ2n) is 5.02. The van der Waals surface area contributed by atoms with E-state index in [1.54, 1.807) is 0 Å². The molecule has 0 fully saturated rings. The number of nitrogens with two attached hydrogens (primary N) is 1. The first-order valence-corrected chi connectivity index (χ1v) is 6.46. The normalized spacial score (nSPS) is 14.1. The first kappa shape index (κ1) is 16.0. The molecule has 1 amide bonds. The lowest BCUT2D eigenvalue weighted by atomic mass is 9.94. The van der Waals surface area contributed by atoms with Crippen molar-refractivity contribution in [2.45, 2.75) is 52.5 Å². The smallest absolute Gasteiger partial charge is 0.220 e. The van der Waals surface area contributed by atoms with Gasteiger partial charge in [-0.3, -0.25) is 4.79 Å². The van der Waals surface area contributed by atoms with Crippen LogP contribution in [0.1, 0.15) is 46.5 Å². The summed E-state index contributed by atoms with van der Waals surface area (Å²) in [5.74, 6) is 3.51. The van der Waals surface area contributed by atoms with Gasteiger partial charge in [0.25, 0.3) is 0 Å². The van der Waals surface area contributed by atoms with Gasteiger partial charge in [-0.15, -0.1) is 12.3 Å². The van der Waals surface area contributed by atoms with Crippen LogP contribution in [0.25, 0.3) is 0 Å². The van der Waals surface area contributed by atoms with Gasteiger partial charge >= 0.3 is 0 Å². The number of terminal acetylenes is 1. The first-order valence-electron chi connectivity index (χ1n) is 6.46. The van der Waals surface area contributed by atoms with Crippen molar-refractivity contribution in [2.75, 3.05) is 6.54 Å². The van der Waals surface area contributed by atoms with Crippen molar-refractivity contribution in [2.24, 2.45) is 17.6 Å². The van der Waals surface area contributed by atoms with Gasteiger partial charge in [-0.25, -0.2) is 0 Å². The van der Waals surface area contributed by atoms with E-state index in [9.17, 15) is 4.79 Å². The lowest BCUT2D eigenvalue weighted by molar-refractivity contribution is -0.122. The molecule has 3 nitrogen and oxygen atoms in total. The number of carbonyl (C=O) groups excluding carboxylic acids is 1. The Labute approximate surface area is 106 Å². The molecule has 0 bridgehead atoms. The zero-order valence-electron chi connectivity index (χ0n) is 11.3. The van der Waals surface area contributed by atoms with E-state index in [4.69, 9.17) is 12.2 Å². The monoisotopic (exact) mass is 238 g/mol. The molecule has 0 aromatic rings. The summed E-state index contributed by atoms with van der Waals surface area (Å²) in [5.41, 5.74) is 5.68. The average Bonchev–Trinajstić information content (AvgIpc) is 2.26. The van der Waals surface area contributed by atoms with Crippen LogP contribution in [0.2, 0.25) is 0 Å². The standard InChI is InChI=1S/C14H26N2O/c1-5-7-13(6-2)16-14(17)9-12(10-15)8-11(3)4/h1,11-13H,6-10,15H2,2-4H3,(H,16,17)/t12-,13?/m0/s1. The van der Waals surface area contributed by atoms with Gasteiger partial charge in [0, 0.05) is 18.9 Å². The molecule has 2 atom stereocenters. The highest BCUT2D eigenvalue weighted by Crippen LogP contribution is 2.14. The Hall–Kier alpha value is -1.01. The third-order valence-electron chi connectivity index (χ3n) is 2.83. The zero-order chi connectivity index (χ0) is 13.3. The highest BCUT2D eigenvalue weighted by molar-refractivity contribution is 5.76. The first-order chi connectivity index (χ1) is 8.03. The Kier molecular flexibility index (Phi) is 8.53. The van der Waals surface area contributed by atoms with E-state index >= 15 is 0 Å². The third kappa shape index (κ3) is 7.82. The summed E-state index contributed by atoms with van der Waals surface area (Å²) in [4.78, 5) is 11.8. The van der Waals surface area contributed by atoms with Gasteiger partial charge in [0.15, 0.2) is 0 Å². The van der Waals surface area contributed by atoms with Gasteiger partial charge < -0.3 is 11.1 Å². The fraction of sp³-hybridized carbons (Fsp3) is 0.786. The van der Waals surface area contributed by atoms with Crippen molar-refractivity contribution in [3.8, 4) is 12.3 Å². The van der Waals surface area contributed by atoms with Gasteiger partial charge in [0.2, 0.25) is 5.91 Å². The molecule has 3 heteroatoms. The van der Waals surface area contributed by atoms with Crippen LogP contribution >= 0.6 is 0 Å². The Bertz CT molecular complexity index is 255. The lowest BCUT2D eigenvalue weighted by Gasteiger charge is -2.19. The van der Waals surface area contributed by atoms with Crippen LogP contribution < -0.4 is 11.1 Å². The summed E-state index contributed by atoms with van der Waals surface area (Å²) in [6.45, 7) is 6.88. The van der Waals surface area contributed by atoms with E-state index in [1.165, 1.54) is 0 Å². The van der Waals surface area contributed by atoms with E-state index in [0.29, 0.717) is 25.3 Å². The Morgan fingerprint density at radius 3 is 2.53 bits per heavy atom. The van der Waals surface area contributed by atoms with Crippen molar-refractivity contribution in [1.82, 2.24) is 5.32 Å². The number of hydrogen-bond acceptors (Lipinski definition) is 2. The molecule has 0 aromatic heterocycles. The maximum atomic E-state index is 11.8. The molecule has 0 rings (SSSR count). The second-order valence-corrected chi connectivity index (χ2v) is 5.02. The van der Waals surface area contributed by atoms with Crippen LogP contribution in [-0.2, 0) is 4.79 Å². The van der Waals surface area contributed by atoms with Gasteiger partial charge in [0.05, 0.1) is 0 Å². The maximum Gasteiger partial charge on any atom is 0.220 e. The van der Waals surface area contributed by atoms with Crippen molar-refractivity contribution in [1.29, 1.82) is 0 Å². The number of hydrogen-bond donors (Lipinski definition) is 2. The molecule has 0 radical (unpaired) electrons. The second kappa shape index (κ2) is 9.07. The average molecular weight is 238 g/mol. The summed E-state index contributed by atoms with van der Waals surface area (Å²) in [5, 5.41) is 2.97. The molecular weight excluding hydrogens is 212 g/mol. The molecule has 1 unspecified atom stereocenters. The van der Waals surface area contributed by atoms with E-state index in [-0.39, 0.29) is 17.9 Å². The van der Waals surface area contributed by atoms with Crippen LogP contribution in [0.5, 0.6) is 0 Å². The molecule has 0 aliphatic rings. The third-order valence-corrected chi connectivity index (χ3v) is 2.83. The van der Waals surface area contributed by atoms with Gasteiger partial charge in [-0.1, -0.05) is 20.8 Å². The number of amides is 1. The van der Waals surface area contributed by atoms with Gasteiger partial charge in [-0.2, -0.15) is 0 Å². The maximum absolute atomic E-state index is 11.8. The molecule has 0 heterocycles. The largest absolute Gasteiger partial charge is 0.352 e. The zero-order valence-corrected chi connectivity index (χ0v) is 11.3. The molecule has 0 saturated heterocycles. The predicted molar refractivity (Wildman–Crippen MR) is 72.3 cm³/mol. The fourth-order valence-corrected chi connectivity index (χ4v) is 1.92. The van der Waals surface area contributed by atoms with E-state index < -0.39 is 0 Å². The number of carbonyl (C=O) groups is 1. The molecule has 3 N–H and O–H groups in total. The van der Waals surface area contributed by atoms with Gasteiger partial charge in [0.1, 0.15) is 0 Å². The highest BCUT2D eigenvalue weighted by Gasteiger charge is 2.16. The lowest BCUT2D eigenvalue weighted by Crippen LogP contribution is -2.36. The molecule has 0 aromatic carbocycles. The topological polar surface area (TPSA) is 55.1 Å². The molecule has 98 valence electrons. The number of nitrogens with one attached hydrogen (secondary N) is 1. The Morgan fingerprint density at radius 1 is 1.47 bits per heavy atom. The molecule has 0 spiro atoms. The Balaban J connectivity index is 4.09. The molecular formula is C14H26N2O. The summed E-state index contributed by atoms with van der Waals surface area (Å²) < 4.78 is 0. The van der Waals surface area contributed by atoms with Crippen molar-refractivity contribution in [3.05, 3.63) is 0 Å². The minimum atomic E-state index is 0.0724. The highest BCUT2D eigenvalue weighted by atomic mass is 16.1. The number of rotatable bonds is 8. The van der Waals surface area contributed by atoms with E-state index in [2.05, 4.69) is 25.1 Å². The van der Waals surface area contributed by atoms with Crippen molar-refractivity contribution in [3.63, 3.8) is 0 Å². The quantitative estimate of drug-likeness (QED) is 0.635. The van der Waals surface area contributed by atoms with Gasteiger partial charge in [-0.05, 0) is 31.2 Å².